The topological polar surface area (TPSA) is 67.1 Å². The summed E-state index contributed by atoms with van der Waals surface area (Å²) in [6.45, 7) is 6.14. The summed E-state index contributed by atoms with van der Waals surface area (Å²) in [7, 11) is 0. The van der Waals surface area contributed by atoms with Crippen LogP contribution in [0.3, 0.4) is 0 Å². The Bertz CT molecular complexity index is 607. The summed E-state index contributed by atoms with van der Waals surface area (Å²) in [4.78, 5) is 11.6. The van der Waals surface area contributed by atoms with E-state index in [0.717, 1.165) is 42.9 Å². The number of hydrogen-bond acceptors (Lipinski definition) is 5. The van der Waals surface area contributed by atoms with Crippen LogP contribution >= 0.6 is 0 Å². The fourth-order valence-corrected chi connectivity index (χ4v) is 3.05. The van der Waals surface area contributed by atoms with Crippen molar-refractivity contribution in [2.45, 2.75) is 32.4 Å². The fourth-order valence-electron chi connectivity index (χ4n) is 3.05. The third-order valence-electron chi connectivity index (χ3n) is 4.22. The molecule has 1 unspecified atom stereocenters. The summed E-state index contributed by atoms with van der Waals surface area (Å²) >= 11 is 0. The molecule has 21 heavy (non-hydrogen) atoms. The van der Waals surface area contributed by atoms with Gasteiger partial charge in [0.2, 0.25) is 0 Å². The first-order valence-corrected chi connectivity index (χ1v) is 7.74. The first-order valence-electron chi connectivity index (χ1n) is 7.74. The molecule has 0 bridgehead atoms. The lowest BCUT2D eigenvalue weighted by Gasteiger charge is -2.33. The van der Waals surface area contributed by atoms with E-state index in [1.165, 1.54) is 12.8 Å². The van der Waals surface area contributed by atoms with Crippen molar-refractivity contribution in [3.8, 4) is 0 Å². The van der Waals surface area contributed by atoms with Crippen LogP contribution in [0.2, 0.25) is 0 Å². The molecule has 2 heterocycles. The van der Waals surface area contributed by atoms with Crippen molar-refractivity contribution in [1.29, 1.82) is 0 Å². The number of fused-ring (bicyclic) bond motifs is 1. The van der Waals surface area contributed by atoms with Crippen LogP contribution in [0.15, 0.2) is 24.3 Å². The van der Waals surface area contributed by atoms with E-state index in [2.05, 4.69) is 27.1 Å². The largest absolute Gasteiger partial charge is 0.383 e. The van der Waals surface area contributed by atoms with Crippen LogP contribution in [0.4, 0.5) is 5.82 Å². The number of hydrogen-bond donors (Lipinski definition) is 2. The van der Waals surface area contributed by atoms with E-state index in [4.69, 9.17) is 5.73 Å². The minimum Gasteiger partial charge on any atom is -0.383 e. The predicted octanol–water partition coefficient (Wildman–Crippen LogP) is 1.79. The van der Waals surface area contributed by atoms with Gasteiger partial charge in [0.05, 0.1) is 12.1 Å². The lowest BCUT2D eigenvalue weighted by molar-refractivity contribution is 0.162. The highest BCUT2D eigenvalue weighted by Crippen LogP contribution is 2.19. The Morgan fingerprint density at radius 1 is 1.33 bits per heavy atom. The maximum Gasteiger partial charge on any atom is 0.145 e. The molecule has 1 aromatic heterocycles. The fraction of sp³-hybridized carbons (Fsp3) is 0.500. The van der Waals surface area contributed by atoms with E-state index in [0.29, 0.717) is 11.9 Å². The Balaban J connectivity index is 1.82. The number of piperidine rings is 1. The van der Waals surface area contributed by atoms with E-state index >= 15 is 0 Å². The molecular weight excluding hydrogens is 262 g/mol. The number of rotatable bonds is 4. The molecule has 1 aliphatic heterocycles. The maximum atomic E-state index is 6.07. The van der Waals surface area contributed by atoms with Crippen LogP contribution in [0, 0.1) is 0 Å². The Kier molecular flexibility index (Phi) is 4.31. The summed E-state index contributed by atoms with van der Waals surface area (Å²) in [6.07, 6.45) is 2.48. The van der Waals surface area contributed by atoms with Crippen molar-refractivity contribution in [2.24, 2.45) is 0 Å². The molecule has 3 N–H and O–H groups in total. The summed E-state index contributed by atoms with van der Waals surface area (Å²) < 4.78 is 0. The molecule has 1 atom stereocenters. The first-order chi connectivity index (χ1) is 10.3. The van der Waals surface area contributed by atoms with Gasteiger partial charge in [0.25, 0.3) is 0 Å². The number of nitrogens with zero attached hydrogens (tertiary/aromatic N) is 3. The van der Waals surface area contributed by atoms with Gasteiger partial charge in [0, 0.05) is 18.0 Å². The second-order valence-electron chi connectivity index (χ2n) is 5.61. The summed E-state index contributed by atoms with van der Waals surface area (Å²) in [5, 5.41) is 4.40. The zero-order valence-corrected chi connectivity index (χ0v) is 12.5. The van der Waals surface area contributed by atoms with Crippen LogP contribution in [-0.2, 0) is 6.54 Å². The van der Waals surface area contributed by atoms with Gasteiger partial charge in [0.15, 0.2) is 0 Å². The van der Waals surface area contributed by atoms with Gasteiger partial charge in [-0.25, -0.2) is 9.97 Å². The zero-order chi connectivity index (χ0) is 14.7. The normalized spacial score (nSPS) is 19.2. The number of nitrogens with one attached hydrogen (secondary N) is 1. The number of nitrogen functional groups attached to an aromatic ring is 1. The van der Waals surface area contributed by atoms with Gasteiger partial charge in [-0.1, -0.05) is 19.1 Å². The highest BCUT2D eigenvalue weighted by Gasteiger charge is 2.20. The Morgan fingerprint density at radius 2 is 2.19 bits per heavy atom. The smallest absolute Gasteiger partial charge is 0.145 e. The number of aromatic nitrogens is 2. The minimum absolute atomic E-state index is 0.569. The molecule has 1 aliphatic rings. The molecule has 5 heteroatoms. The number of nitrogens with two attached hydrogens (primary N) is 1. The van der Waals surface area contributed by atoms with Gasteiger partial charge >= 0.3 is 0 Å². The molecule has 3 rings (SSSR count). The van der Waals surface area contributed by atoms with Crippen molar-refractivity contribution < 1.29 is 0 Å². The zero-order valence-electron chi connectivity index (χ0n) is 12.5. The molecule has 0 spiro atoms. The van der Waals surface area contributed by atoms with E-state index in [9.17, 15) is 0 Å². The lowest BCUT2D eigenvalue weighted by atomic mass is 10.1. The van der Waals surface area contributed by atoms with Crippen molar-refractivity contribution in [3.63, 3.8) is 0 Å². The SMILES string of the molecule is CCN(Cc1nc(N)c2ccccc2n1)C1CCCNC1. The number of likely N-dealkylation sites (N-methyl/N-ethyl adjacent to an activating group) is 1. The van der Waals surface area contributed by atoms with Crippen LogP contribution < -0.4 is 11.1 Å². The van der Waals surface area contributed by atoms with Crippen LogP contribution in [0.5, 0.6) is 0 Å². The van der Waals surface area contributed by atoms with Crippen LogP contribution in [0.1, 0.15) is 25.6 Å². The molecule has 1 aromatic carbocycles. The molecule has 0 aliphatic carbocycles. The first kappa shape index (κ1) is 14.2. The highest BCUT2D eigenvalue weighted by molar-refractivity contribution is 5.87. The third-order valence-corrected chi connectivity index (χ3v) is 4.22. The second kappa shape index (κ2) is 6.37. The van der Waals surface area contributed by atoms with Gasteiger partial charge in [0.1, 0.15) is 11.6 Å². The van der Waals surface area contributed by atoms with Crippen molar-refractivity contribution in [2.75, 3.05) is 25.4 Å². The van der Waals surface area contributed by atoms with E-state index in [1.807, 2.05) is 24.3 Å². The summed E-state index contributed by atoms with van der Waals surface area (Å²) in [5.41, 5.74) is 7.00. The van der Waals surface area contributed by atoms with Gasteiger partial charge < -0.3 is 11.1 Å². The number of para-hydroxylation sites is 1. The maximum absolute atomic E-state index is 6.07. The van der Waals surface area contributed by atoms with Gasteiger partial charge in [-0.3, -0.25) is 4.90 Å². The Labute approximate surface area is 125 Å². The quantitative estimate of drug-likeness (QED) is 0.896. The molecule has 5 nitrogen and oxygen atoms in total. The van der Waals surface area contributed by atoms with Crippen molar-refractivity contribution in [1.82, 2.24) is 20.2 Å². The summed E-state index contributed by atoms with van der Waals surface area (Å²) in [5.74, 6) is 1.40. The molecule has 0 radical (unpaired) electrons. The van der Waals surface area contributed by atoms with Crippen LogP contribution in [0.25, 0.3) is 10.9 Å². The predicted molar refractivity (Wildman–Crippen MR) is 85.9 cm³/mol. The lowest BCUT2D eigenvalue weighted by Crippen LogP contribution is -2.45. The van der Waals surface area contributed by atoms with E-state index < -0.39 is 0 Å². The number of anilines is 1. The molecule has 1 fully saturated rings. The molecule has 1 saturated heterocycles. The molecule has 0 saturated carbocycles. The van der Waals surface area contributed by atoms with E-state index in [-0.39, 0.29) is 0 Å². The monoisotopic (exact) mass is 285 g/mol. The third kappa shape index (κ3) is 3.14. The average Bonchev–Trinajstić information content (AvgIpc) is 2.53. The molecule has 2 aromatic rings. The molecular formula is C16H23N5. The minimum atomic E-state index is 0.569. The Hall–Kier alpha value is -1.72. The van der Waals surface area contributed by atoms with Crippen LogP contribution in [-0.4, -0.2) is 40.5 Å². The Morgan fingerprint density at radius 3 is 2.95 bits per heavy atom. The molecule has 112 valence electrons. The summed E-state index contributed by atoms with van der Waals surface area (Å²) in [6, 6.07) is 8.49. The van der Waals surface area contributed by atoms with E-state index in [1.54, 1.807) is 0 Å². The van der Waals surface area contributed by atoms with Gasteiger partial charge in [-0.05, 0) is 38.1 Å². The average molecular weight is 285 g/mol. The van der Waals surface area contributed by atoms with Crippen molar-refractivity contribution >= 4 is 16.7 Å². The number of benzene rings is 1. The second-order valence-corrected chi connectivity index (χ2v) is 5.61. The van der Waals surface area contributed by atoms with Crippen molar-refractivity contribution in [3.05, 3.63) is 30.1 Å². The highest BCUT2D eigenvalue weighted by atomic mass is 15.2. The van der Waals surface area contributed by atoms with Gasteiger partial charge in [-0.2, -0.15) is 0 Å². The standard InChI is InChI=1S/C16H23N5/c1-2-21(12-6-5-9-18-10-12)11-15-19-14-8-4-3-7-13(14)16(17)20-15/h3-4,7-8,12,18H,2,5-6,9-11H2,1H3,(H2,17,19,20). The van der Waals surface area contributed by atoms with Gasteiger partial charge in [-0.15, -0.1) is 0 Å². The molecule has 0 amide bonds.